The molecule has 0 aliphatic carbocycles. The Morgan fingerprint density at radius 3 is 2.28 bits per heavy atom. The summed E-state index contributed by atoms with van der Waals surface area (Å²) < 4.78 is 12.2. The van der Waals surface area contributed by atoms with Crippen molar-refractivity contribution in [3.05, 3.63) is 84.5 Å². The highest BCUT2D eigenvalue weighted by molar-refractivity contribution is 6.06. The average Bonchev–Trinajstić information content (AvgIpc) is 3.27. The molecule has 4 aliphatic heterocycles. The molecule has 2 aromatic rings. The highest BCUT2D eigenvalue weighted by Gasteiger charge is 2.75. The number of likely N-dealkylation sites (tertiary alicyclic amines) is 1. The molecule has 9 heteroatoms. The molecule has 1 spiro atoms. The summed E-state index contributed by atoms with van der Waals surface area (Å²) in [5, 5.41) is 10.5. The minimum atomic E-state index is -1.40. The summed E-state index contributed by atoms with van der Waals surface area (Å²) in [6, 6.07) is 15.2. The molecule has 3 amide bonds. The number of amides is 3. The van der Waals surface area contributed by atoms with Crippen molar-refractivity contribution in [3.63, 3.8) is 0 Å². The molecule has 6 rings (SSSR count). The van der Waals surface area contributed by atoms with Crippen LogP contribution >= 0.6 is 0 Å². The monoisotopic (exact) mass is 585 g/mol. The van der Waals surface area contributed by atoms with Gasteiger partial charge in [-0.25, -0.2) is 0 Å². The standard InChI is InChI=1S/C34H39N3O6/c1-22(2)26(21-38)37-29-32(41)36(24-12-14-25(42-4)15-13-24)19-9-17-34(29)28(31(37)40)27-30(39)35(18-8-16-33(27,3)43-34)20-23-10-6-5-7-11-23/h5-17,22,26-29,38H,18-21H2,1-4H3/t26-,27-,28-,29?,33+,34-/m0/s1. The second kappa shape index (κ2) is 11.0. The molecule has 0 aromatic heterocycles. The Morgan fingerprint density at radius 1 is 0.930 bits per heavy atom. The number of carbonyl (C=O) groups excluding carboxylic acids is 3. The van der Waals surface area contributed by atoms with Gasteiger partial charge in [0.1, 0.15) is 17.4 Å². The summed E-state index contributed by atoms with van der Waals surface area (Å²) in [6.45, 7) is 6.39. The zero-order valence-corrected chi connectivity index (χ0v) is 25.1. The van der Waals surface area contributed by atoms with E-state index in [4.69, 9.17) is 9.47 Å². The van der Waals surface area contributed by atoms with Crippen molar-refractivity contribution in [2.75, 3.05) is 31.7 Å². The Balaban J connectivity index is 1.46. The highest BCUT2D eigenvalue weighted by atomic mass is 16.5. The van der Waals surface area contributed by atoms with E-state index >= 15 is 0 Å². The van der Waals surface area contributed by atoms with Crippen LogP contribution in [-0.2, 0) is 25.7 Å². The van der Waals surface area contributed by atoms with Crippen molar-refractivity contribution >= 4 is 23.4 Å². The number of hydrogen-bond donors (Lipinski definition) is 1. The quantitative estimate of drug-likeness (QED) is 0.502. The predicted molar refractivity (Wildman–Crippen MR) is 161 cm³/mol. The number of anilines is 1. The van der Waals surface area contributed by atoms with E-state index in [0.717, 1.165) is 5.56 Å². The van der Waals surface area contributed by atoms with Crippen LogP contribution in [0.5, 0.6) is 5.75 Å². The number of rotatable bonds is 7. The van der Waals surface area contributed by atoms with Gasteiger partial charge in [-0.2, -0.15) is 0 Å². The summed E-state index contributed by atoms with van der Waals surface area (Å²) in [4.78, 5) is 48.7. The van der Waals surface area contributed by atoms with Gasteiger partial charge in [-0.15, -0.1) is 0 Å². The van der Waals surface area contributed by atoms with Crippen molar-refractivity contribution in [3.8, 4) is 5.75 Å². The molecule has 9 nitrogen and oxygen atoms in total. The van der Waals surface area contributed by atoms with Crippen LogP contribution in [0.25, 0.3) is 0 Å². The van der Waals surface area contributed by atoms with Gasteiger partial charge in [0.25, 0.3) is 5.91 Å². The summed E-state index contributed by atoms with van der Waals surface area (Å²) in [6.07, 6.45) is 7.50. The van der Waals surface area contributed by atoms with Crippen LogP contribution in [0.2, 0.25) is 0 Å². The number of carbonyl (C=O) groups is 3. The van der Waals surface area contributed by atoms with E-state index in [1.807, 2.05) is 87.5 Å². The Bertz CT molecular complexity index is 1460. The van der Waals surface area contributed by atoms with Crippen LogP contribution in [0.1, 0.15) is 26.3 Å². The van der Waals surface area contributed by atoms with Crippen molar-refractivity contribution in [2.45, 2.75) is 50.6 Å². The molecule has 4 aliphatic rings. The van der Waals surface area contributed by atoms with Gasteiger partial charge in [0.2, 0.25) is 11.8 Å². The number of hydrogen-bond acceptors (Lipinski definition) is 6. The lowest BCUT2D eigenvalue weighted by molar-refractivity contribution is -0.152. The zero-order chi connectivity index (χ0) is 30.5. The summed E-state index contributed by atoms with van der Waals surface area (Å²) >= 11 is 0. The normalized spacial score (nSPS) is 30.7. The van der Waals surface area contributed by atoms with Crippen molar-refractivity contribution in [1.82, 2.24) is 9.80 Å². The van der Waals surface area contributed by atoms with Crippen molar-refractivity contribution < 1.29 is 29.0 Å². The molecular weight excluding hydrogens is 546 g/mol. The van der Waals surface area contributed by atoms with Gasteiger partial charge in [-0.1, -0.05) is 68.5 Å². The number of aliphatic hydroxyl groups excluding tert-OH is 1. The van der Waals surface area contributed by atoms with Crippen LogP contribution in [0.4, 0.5) is 5.69 Å². The van der Waals surface area contributed by atoms with Crippen LogP contribution in [0.3, 0.4) is 0 Å². The summed E-state index contributed by atoms with van der Waals surface area (Å²) in [7, 11) is 1.58. The van der Waals surface area contributed by atoms with Gasteiger partial charge in [0, 0.05) is 25.3 Å². The van der Waals surface area contributed by atoms with Crippen LogP contribution < -0.4 is 9.64 Å². The lowest BCUT2D eigenvalue weighted by Gasteiger charge is -2.41. The minimum Gasteiger partial charge on any atom is -0.497 e. The Morgan fingerprint density at radius 2 is 1.63 bits per heavy atom. The van der Waals surface area contributed by atoms with E-state index in [1.54, 1.807) is 29.0 Å². The number of fused-ring (bicyclic) bond motifs is 2. The maximum atomic E-state index is 14.7. The largest absolute Gasteiger partial charge is 0.497 e. The van der Waals surface area contributed by atoms with Gasteiger partial charge in [-0.05, 0) is 42.7 Å². The molecule has 6 atom stereocenters. The second-order valence-corrected chi connectivity index (χ2v) is 12.4. The number of nitrogens with zero attached hydrogens (tertiary/aromatic N) is 3. The van der Waals surface area contributed by atoms with Gasteiger partial charge < -0.3 is 29.3 Å². The van der Waals surface area contributed by atoms with E-state index in [0.29, 0.717) is 24.5 Å². The highest BCUT2D eigenvalue weighted by Crippen LogP contribution is 2.58. The first-order chi connectivity index (χ1) is 20.6. The molecule has 2 saturated heterocycles. The third kappa shape index (κ3) is 4.57. The van der Waals surface area contributed by atoms with Crippen molar-refractivity contribution in [1.29, 1.82) is 0 Å². The number of benzene rings is 2. The zero-order valence-electron chi connectivity index (χ0n) is 25.1. The molecule has 0 radical (unpaired) electrons. The first kappa shape index (κ1) is 29.1. The van der Waals surface area contributed by atoms with Gasteiger partial charge >= 0.3 is 0 Å². The fourth-order valence-electron chi connectivity index (χ4n) is 7.43. The number of methoxy groups -OCH3 is 1. The molecule has 226 valence electrons. The van der Waals surface area contributed by atoms with E-state index < -0.39 is 35.1 Å². The molecular formula is C34H39N3O6. The molecule has 0 saturated carbocycles. The van der Waals surface area contributed by atoms with Crippen molar-refractivity contribution in [2.24, 2.45) is 17.8 Å². The molecule has 4 heterocycles. The molecule has 1 N–H and O–H groups in total. The lowest BCUT2D eigenvalue weighted by Crippen LogP contribution is -2.59. The Hall–Kier alpha value is -3.95. The fraction of sp³-hybridized carbons (Fsp3) is 0.441. The number of ether oxygens (including phenoxy) is 2. The SMILES string of the molecule is COc1ccc(N2CC=C[C@]34O[C@]5(C)C=CCN(Cc6ccccc6)C(=O)[C@@H]5[C@H]3C(=O)N([C@@H](CO)C(C)C)C4C2=O)cc1. The van der Waals surface area contributed by atoms with E-state index in [2.05, 4.69) is 0 Å². The first-order valence-corrected chi connectivity index (χ1v) is 14.9. The molecule has 2 fully saturated rings. The molecule has 2 aromatic carbocycles. The van der Waals surface area contributed by atoms with E-state index in [-0.39, 0.29) is 36.8 Å². The molecule has 0 bridgehead atoms. The third-order valence-corrected chi connectivity index (χ3v) is 9.49. The minimum absolute atomic E-state index is 0.148. The topological polar surface area (TPSA) is 99.6 Å². The third-order valence-electron chi connectivity index (χ3n) is 9.49. The van der Waals surface area contributed by atoms with Crippen LogP contribution in [0.15, 0.2) is 78.9 Å². The average molecular weight is 586 g/mol. The Kier molecular flexibility index (Phi) is 7.42. The van der Waals surface area contributed by atoms with Crippen LogP contribution in [0, 0.1) is 17.8 Å². The maximum Gasteiger partial charge on any atom is 0.253 e. The fourth-order valence-corrected chi connectivity index (χ4v) is 7.43. The lowest BCUT2D eigenvalue weighted by atomic mass is 9.74. The first-order valence-electron chi connectivity index (χ1n) is 14.9. The van der Waals surface area contributed by atoms with E-state index in [9.17, 15) is 19.5 Å². The van der Waals surface area contributed by atoms with Gasteiger partial charge in [0.05, 0.1) is 37.2 Å². The summed E-state index contributed by atoms with van der Waals surface area (Å²) in [5.41, 5.74) is -0.873. The smallest absolute Gasteiger partial charge is 0.253 e. The molecule has 1 unspecified atom stereocenters. The van der Waals surface area contributed by atoms with Gasteiger partial charge in [0.15, 0.2) is 0 Å². The van der Waals surface area contributed by atoms with Crippen LogP contribution in [-0.4, -0.2) is 82.7 Å². The van der Waals surface area contributed by atoms with E-state index in [1.165, 1.54) is 4.90 Å². The Labute approximate surface area is 252 Å². The predicted octanol–water partition coefficient (Wildman–Crippen LogP) is 3.18. The van der Waals surface area contributed by atoms with Gasteiger partial charge in [-0.3, -0.25) is 14.4 Å². The molecule has 43 heavy (non-hydrogen) atoms. The number of aliphatic hydroxyl groups is 1. The second-order valence-electron chi connectivity index (χ2n) is 12.4. The maximum absolute atomic E-state index is 14.7. The summed E-state index contributed by atoms with van der Waals surface area (Å²) in [5.74, 6) is -2.13.